The zero-order valence-corrected chi connectivity index (χ0v) is 20.0. The monoisotopic (exact) mass is 439 g/mol. The topological polar surface area (TPSA) is 59.3 Å². The van der Waals surface area contributed by atoms with Gasteiger partial charge in [-0.3, -0.25) is 4.72 Å². The predicted octanol–water partition coefficient (Wildman–Crippen LogP) is 6.90. The minimum absolute atomic E-state index is 0.274. The van der Waals surface area contributed by atoms with Gasteiger partial charge in [0.15, 0.2) is 0 Å². The molecule has 4 rings (SSSR count). The van der Waals surface area contributed by atoms with E-state index in [1.165, 1.54) is 5.56 Å². The van der Waals surface area contributed by atoms with Gasteiger partial charge in [-0.25, -0.2) is 8.42 Å². The lowest BCUT2D eigenvalue weighted by Gasteiger charge is -2.36. The van der Waals surface area contributed by atoms with E-state index in [1.807, 2.05) is 24.3 Å². The third-order valence-electron chi connectivity index (χ3n) is 7.17. The van der Waals surface area contributed by atoms with Crippen LogP contribution in [0.15, 0.2) is 51.8 Å². The molecule has 1 heterocycles. The molecule has 0 spiro atoms. The van der Waals surface area contributed by atoms with Gasteiger partial charge in [0.05, 0.1) is 4.90 Å². The van der Waals surface area contributed by atoms with Gasteiger partial charge in [0.25, 0.3) is 10.0 Å². The van der Waals surface area contributed by atoms with Crippen LogP contribution in [0.5, 0.6) is 0 Å². The summed E-state index contributed by atoms with van der Waals surface area (Å²) < 4.78 is 34.7. The zero-order valence-electron chi connectivity index (χ0n) is 19.2. The maximum atomic E-state index is 12.9. The third kappa shape index (κ3) is 4.25. The molecule has 4 nitrogen and oxygen atoms in total. The van der Waals surface area contributed by atoms with Crippen LogP contribution in [-0.2, 0) is 22.9 Å². The molecule has 1 unspecified atom stereocenters. The highest BCUT2D eigenvalue weighted by Crippen LogP contribution is 2.43. The highest BCUT2D eigenvalue weighted by molar-refractivity contribution is 7.92. The van der Waals surface area contributed by atoms with Gasteiger partial charge in [0, 0.05) is 23.1 Å². The van der Waals surface area contributed by atoms with E-state index in [-0.39, 0.29) is 10.3 Å². The highest BCUT2D eigenvalue weighted by Gasteiger charge is 2.33. The molecule has 3 aromatic rings. The fraction of sp³-hybridized carbons (Fsp3) is 0.462. The molecular formula is C26H33NO3S. The van der Waals surface area contributed by atoms with Crippen LogP contribution in [0.4, 0.5) is 5.69 Å². The Labute approximate surface area is 186 Å². The van der Waals surface area contributed by atoms with Crippen molar-refractivity contribution in [2.24, 2.45) is 11.3 Å². The van der Waals surface area contributed by atoms with Gasteiger partial charge in [-0.05, 0) is 66.0 Å². The fourth-order valence-corrected chi connectivity index (χ4v) is 5.59. The van der Waals surface area contributed by atoms with Crippen LogP contribution in [0.2, 0.25) is 0 Å². The minimum Gasteiger partial charge on any atom is -0.461 e. The fourth-order valence-electron chi connectivity index (χ4n) is 4.54. The lowest BCUT2D eigenvalue weighted by atomic mass is 9.69. The van der Waals surface area contributed by atoms with Crippen LogP contribution >= 0.6 is 0 Å². The highest BCUT2D eigenvalue weighted by atomic mass is 32.2. The first-order valence-electron chi connectivity index (χ1n) is 11.3. The van der Waals surface area contributed by atoms with Crippen molar-refractivity contribution in [3.05, 3.63) is 59.4 Å². The van der Waals surface area contributed by atoms with E-state index in [4.69, 9.17) is 4.42 Å². The molecule has 0 saturated heterocycles. The standard InChI is InChI=1S/C26H33NO3S/c1-6-26(4,5)19-9-13-24-22(15-19)23-16-20(10-14-25(23)30-24)27-31(28,29)21-11-7-18(8-12-21)17(2)3/h7-8,10-12,14,16-17,19,27H,6,9,13,15H2,1-5H3. The average molecular weight is 440 g/mol. The number of furan rings is 1. The number of hydrogen-bond acceptors (Lipinski definition) is 3. The number of fused-ring (bicyclic) bond motifs is 3. The molecule has 31 heavy (non-hydrogen) atoms. The van der Waals surface area contributed by atoms with Crippen LogP contribution in [-0.4, -0.2) is 8.42 Å². The Bertz CT molecular complexity index is 1190. The van der Waals surface area contributed by atoms with E-state index in [9.17, 15) is 8.42 Å². The molecule has 0 bridgehead atoms. The quantitative estimate of drug-likeness (QED) is 0.454. The Morgan fingerprint density at radius 3 is 2.48 bits per heavy atom. The van der Waals surface area contributed by atoms with Crippen molar-refractivity contribution in [1.82, 2.24) is 0 Å². The summed E-state index contributed by atoms with van der Waals surface area (Å²) in [5.74, 6) is 2.02. The lowest BCUT2D eigenvalue weighted by molar-refractivity contribution is 0.179. The van der Waals surface area contributed by atoms with E-state index >= 15 is 0 Å². The Morgan fingerprint density at radius 2 is 1.84 bits per heavy atom. The third-order valence-corrected chi connectivity index (χ3v) is 8.57. The van der Waals surface area contributed by atoms with E-state index in [2.05, 4.69) is 39.3 Å². The first kappa shape index (κ1) is 21.9. The van der Waals surface area contributed by atoms with Gasteiger partial charge in [-0.2, -0.15) is 0 Å². The largest absolute Gasteiger partial charge is 0.461 e. The van der Waals surface area contributed by atoms with Crippen molar-refractivity contribution in [3.63, 3.8) is 0 Å². The average Bonchev–Trinajstić information content (AvgIpc) is 3.10. The second kappa shape index (κ2) is 8.01. The Hall–Kier alpha value is -2.27. The molecular weight excluding hydrogens is 406 g/mol. The summed E-state index contributed by atoms with van der Waals surface area (Å²) >= 11 is 0. The number of anilines is 1. The summed E-state index contributed by atoms with van der Waals surface area (Å²) in [5.41, 5.74) is 4.05. The summed E-state index contributed by atoms with van der Waals surface area (Å²) in [7, 11) is -3.65. The van der Waals surface area contributed by atoms with Crippen molar-refractivity contribution < 1.29 is 12.8 Å². The summed E-state index contributed by atoms with van der Waals surface area (Å²) in [5, 5.41) is 1.03. The molecule has 2 aromatic carbocycles. The smallest absolute Gasteiger partial charge is 0.261 e. The molecule has 1 aliphatic rings. The van der Waals surface area contributed by atoms with Crippen LogP contribution in [0, 0.1) is 11.3 Å². The number of rotatable bonds is 6. The van der Waals surface area contributed by atoms with Crippen molar-refractivity contribution in [1.29, 1.82) is 0 Å². The Kier molecular flexibility index (Phi) is 5.67. The number of sulfonamides is 1. The number of hydrogen-bond donors (Lipinski definition) is 1. The first-order valence-corrected chi connectivity index (χ1v) is 12.8. The van der Waals surface area contributed by atoms with Crippen LogP contribution in [0.3, 0.4) is 0 Å². The lowest BCUT2D eigenvalue weighted by Crippen LogP contribution is -2.28. The Balaban J connectivity index is 1.63. The number of benzene rings is 2. The van der Waals surface area contributed by atoms with Crippen LogP contribution in [0.1, 0.15) is 70.3 Å². The van der Waals surface area contributed by atoms with Gasteiger partial charge < -0.3 is 4.42 Å². The van der Waals surface area contributed by atoms with E-state index < -0.39 is 10.0 Å². The summed E-state index contributed by atoms with van der Waals surface area (Å²) in [6.07, 6.45) is 4.21. The second-order valence-electron chi connectivity index (χ2n) is 9.83. The molecule has 0 fully saturated rings. The van der Waals surface area contributed by atoms with E-state index in [0.717, 1.165) is 48.0 Å². The predicted molar refractivity (Wildman–Crippen MR) is 127 cm³/mol. The molecule has 0 radical (unpaired) electrons. The Morgan fingerprint density at radius 1 is 1.13 bits per heavy atom. The number of aryl methyl sites for hydroxylation is 1. The molecule has 1 aliphatic carbocycles. The molecule has 1 aromatic heterocycles. The summed E-state index contributed by atoms with van der Waals surface area (Å²) in [6.45, 7) is 11.1. The maximum Gasteiger partial charge on any atom is 0.261 e. The van der Waals surface area contributed by atoms with Crippen LogP contribution in [0.25, 0.3) is 11.0 Å². The molecule has 0 aliphatic heterocycles. The van der Waals surface area contributed by atoms with Crippen molar-refractivity contribution in [2.45, 2.75) is 71.1 Å². The van der Waals surface area contributed by atoms with Gasteiger partial charge >= 0.3 is 0 Å². The molecule has 1 atom stereocenters. The minimum atomic E-state index is -3.65. The van der Waals surface area contributed by atoms with E-state index in [1.54, 1.807) is 18.2 Å². The zero-order chi connectivity index (χ0) is 22.4. The first-order chi connectivity index (χ1) is 14.6. The van der Waals surface area contributed by atoms with Gasteiger partial charge in [-0.15, -0.1) is 0 Å². The van der Waals surface area contributed by atoms with Crippen molar-refractivity contribution >= 4 is 26.7 Å². The SMILES string of the molecule is CCC(C)(C)C1CCc2oc3ccc(NS(=O)(=O)c4ccc(C(C)C)cc4)cc3c2C1. The van der Waals surface area contributed by atoms with Gasteiger partial charge in [0.2, 0.25) is 0 Å². The van der Waals surface area contributed by atoms with Crippen molar-refractivity contribution in [2.75, 3.05) is 4.72 Å². The second-order valence-corrected chi connectivity index (χ2v) is 11.5. The van der Waals surface area contributed by atoms with Crippen LogP contribution < -0.4 is 4.72 Å². The summed E-state index contributed by atoms with van der Waals surface area (Å²) in [6, 6.07) is 12.7. The molecule has 1 N–H and O–H groups in total. The van der Waals surface area contributed by atoms with E-state index in [0.29, 0.717) is 17.5 Å². The van der Waals surface area contributed by atoms with Gasteiger partial charge in [-0.1, -0.05) is 53.2 Å². The normalized spacial score (nSPS) is 17.2. The number of nitrogens with one attached hydrogen (secondary N) is 1. The maximum absolute atomic E-state index is 12.9. The van der Waals surface area contributed by atoms with Crippen molar-refractivity contribution in [3.8, 4) is 0 Å². The van der Waals surface area contributed by atoms with Gasteiger partial charge in [0.1, 0.15) is 11.3 Å². The molecule has 166 valence electrons. The molecule has 0 amide bonds. The summed E-state index contributed by atoms with van der Waals surface area (Å²) in [4.78, 5) is 0.274. The molecule has 5 heteroatoms. The molecule has 0 saturated carbocycles.